The van der Waals surface area contributed by atoms with Crippen LogP contribution in [-0.4, -0.2) is 55.2 Å². The summed E-state index contributed by atoms with van der Waals surface area (Å²) < 4.78 is 83.4. The summed E-state index contributed by atoms with van der Waals surface area (Å²) in [6.07, 6.45) is -6.68. The summed E-state index contributed by atoms with van der Waals surface area (Å²) >= 11 is 0. The zero-order valence-corrected chi connectivity index (χ0v) is 9.64. The molecule has 0 heterocycles. The normalized spacial score (nSPS) is 13.9. The monoisotopic (exact) mass is 299 g/mol. The fourth-order valence-corrected chi connectivity index (χ4v) is 2.25. The highest BCUT2D eigenvalue weighted by Crippen LogP contribution is 2.41. The molecule has 0 fully saturated rings. The standard InChI is InChI=1S/C7H10F5NO4S/c8-6(9,10)7(11,12)18(16,17)13(3-5-15)2-1-4-14/h4,15H,1-3,5H2. The first kappa shape index (κ1) is 17.2. The molecule has 0 rings (SSSR count). The third-order valence-electron chi connectivity index (χ3n) is 1.84. The van der Waals surface area contributed by atoms with Crippen LogP contribution in [0.1, 0.15) is 6.42 Å². The summed E-state index contributed by atoms with van der Waals surface area (Å²) in [5, 5.41) is 2.47. The van der Waals surface area contributed by atoms with Crippen molar-refractivity contribution in [3.8, 4) is 0 Å². The summed E-state index contributed by atoms with van der Waals surface area (Å²) in [4.78, 5) is 9.99. The SMILES string of the molecule is O=CCCN(CCO)S(=O)(=O)C(F)(F)C(F)(F)F. The van der Waals surface area contributed by atoms with E-state index in [9.17, 15) is 35.2 Å². The van der Waals surface area contributed by atoms with Crippen molar-refractivity contribution in [1.29, 1.82) is 0 Å². The molecule has 18 heavy (non-hydrogen) atoms. The van der Waals surface area contributed by atoms with Crippen molar-refractivity contribution >= 4 is 16.3 Å². The molecule has 108 valence electrons. The molecule has 0 aliphatic rings. The van der Waals surface area contributed by atoms with Crippen LogP contribution >= 0.6 is 0 Å². The summed E-state index contributed by atoms with van der Waals surface area (Å²) in [5.74, 6) is 0. The Hall–Kier alpha value is -0.810. The van der Waals surface area contributed by atoms with Crippen LogP contribution < -0.4 is 0 Å². The highest BCUT2D eigenvalue weighted by molar-refractivity contribution is 7.90. The van der Waals surface area contributed by atoms with E-state index in [0.717, 1.165) is 0 Å². The molecule has 0 saturated heterocycles. The number of aliphatic hydroxyl groups excluding tert-OH is 1. The Labute approximate surface area is 99.2 Å². The Morgan fingerprint density at radius 3 is 1.94 bits per heavy atom. The highest BCUT2D eigenvalue weighted by atomic mass is 32.2. The minimum Gasteiger partial charge on any atom is -0.395 e. The average Bonchev–Trinajstić information content (AvgIpc) is 2.22. The van der Waals surface area contributed by atoms with Gasteiger partial charge >= 0.3 is 11.4 Å². The number of alkyl halides is 5. The van der Waals surface area contributed by atoms with Crippen molar-refractivity contribution in [3.05, 3.63) is 0 Å². The van der Waals surface area contributed by atoms with Gasteiger partial charge in [-0.05, 0) is 0 Å². The molecule has 11 heteroatoms. The molecule has 0 saturated carbocycles. The van der Waals surface area contributed by atoms with Crippen molar-refractivity contribution in [3.63, 3.8) is 0 Å². The smallest absolute Gasteiger partial charge is 0.395 e. The Morgan fingerprint density at radius 1 is 1.11 bits per heavy atom. The molecule has 0 radical (unpaired) electrons. The van der Waals surface area contributed by atoms with Crippen LogP contribution in [0, 0.1) is 0 Å². The van der Waals surface area contributed by atoms with Crippen LogP contribution in [-0.2, 0) is 14.8 Å². The second-order valence-electron chi connectivity index (χ2n) is 3.10. The lowest BCUT2D eigenvalue weighted by atomic mass is 10.4. The number of aliphatic hydroxyl groups is 1. The summed E-state index contributed by atoms with van der Waals surface area (Å²) in [6, 6.07) is 0. The number of rotatable bonds is 7. The van der Waals surface area contributed by atoms with Crippen molar-refractivity contribution in [1.82, 2.24) is 4.31 Å². The van der Waals surface area contributed by atoms with Crippen LogP contribution in [0.2, 0.25) is 0 Å². The van der Waals surface area contributed by atoms with Crippen molar-refractivity contribution in [2.75, 3.05) is 19.7 Å². The maximum Gasteiger partial charge on any atom is 0.470 e. The van der Waals surface area contributed by atoms with Gasteiger partial charge in [0.15, 0.2) is 0 Å². The van der Waals surface area contributed by atoms with Gasteiger partial charge < -0.3 is 9.90 Å². The van der Waals surface area contributed by atoms with E-state index in [2.05, 4.69) is 0 Å². The molecule has 0 atom stereocenters. The van der Waals surface area contributed by atoms with Crippen LogP contribution in [0.5, 0.6) is 0 Å². The van der Waals surface area contributed by atoms with Crippen LogP contribution in [0.25, 0.3) is 0 Å². The van der Waals surface area contributed by atoms with Crippen LogP contribution in [0.3, 0.4) is 0 Å². The van der Waals surface area contributed by atoms with E-state index in [1.54, 1.807) is 0 Å². The second kappa shape index (κ2) is 5.89. The van der Waals surface area contributed by atoms with Gasteiger partial charge in [0.05, 0.1) is 6.61 Å². The fraction of sp³-hybridized carbons (Fsp3) is 0.857. The molecule has 5 nitrogen and oxygen atoms in total. The van der Waals surface area contributed by atoms with E-state index in [0.29, 0.717) is 0 Å². The number of carbonyl (C=O) groups excluding carboxylic acids is 1. The molecule has 0 aromatic rings. The molecule has 0 amide bonds. The van der Waals surface area contributed by atoms with Crippen LogP contribution in [0.4, 0.5) is 22.0 Å². The van der Waals surface area contributed by atoms with Gasteiger partial charge in [0.2, 0.25) is 0 Å². The van der Waals surface area contributed by atoms with E-state index < -0.39 is 47.6 Å². The van der Waals surface area contributed by atoms with Gasteiger partial charge in [0.1, 0.15) is 6.29 Å². The van der Waals surface area contributed by atoms with E-state index in [1.807, 2.05) is 0 Å². The fourth-order valence-electron chi connectivity index (χ4n) is 0.969. The first-order valence-electron chi connectivity index (χ1n) is 4.51. The lowest BCUT2D eigenvalue weighted by Gasteiger charge is -2.27. The lowest BCUT2D eigenvalue weighted by molar-refractivity contribution is -0.242. The number of sulfonamides is 1. The Balaban J connectivity index is 5.35. The predicted octanol–water partition coefficient (Wildman–Crippen LogP) is 0.355. The molecule has 0 aromatic carbocycles. The van der Waals surface area contributed by atoms with Crippen molar-refractivity contribution in [2.45, 2.75) is 17.9 Å². The number of hydrogen-bond acceptors (Lipinski definition) is 4. The van der Waals surface area contributed by atoms with Gasteiger partial charge in [-0.1, -0.05) is 0 Å². The quantitative estimate of drug-likeness (QED) is 0.544. The number of nitrogens with zero attached hydrogens (tertiary/aromatic N) is 1. The van der Waals surface area contributed by atoms with E-state index in [-0.39, 0.29) is 10.6 Å². The third kappa shape index (κ3) is 3.36. The first-order valence-corrected chi connectivity index (χ1v) is 5.95. The maximum atomic E-state index is 12.8. The Bertz CT molecular complexity index is 380. The molecular formula is C7H10F5NO4S. The molecule has 0 unspecified atom stereocenters. The number of hydrogen-bond donors (Lipinski definition) is 1. The summed E-state index contributed by atoms with van der Waals surface area (Å²) in [6.45, 7) is -2.77. The zero-order valence-electron chi connectivity index (χ0n) is 8.82. The highest BCUT2D eigenvalue weighted by Gasteiger charge is 2.68. The molecule has 0 aliphatic carbocycles. The zero-order chi connectivity index (χ0) is 14.6. The van der Waals surface area contributed by atoms with E-state index in [4.69, 9.17) is 5.11 Å². The molecule has 0 bridgehead atoms. The summed E-state index contributed by atoms with van der Waals surface area (Å²) in [7, 11) is -6.04. The molecule has 0 aliphatic heterocycles. The molecule has 0 aromatic heterocycles. The minimum absolute atomic E-state index is 0.158. The first-order chi connectivity index (χ1) is 8.02. The van der Waals surface area contributed by atoms with Gasteiger partial charge in [-0.15, -0.1) is 0 Å². The van der Waals surface area contributed by atoms with Gasteiger partial charge in [-0.25, -0.2) is 8.42 Å². The topological polar surface area (TPSA) is 74.7 Å². The molecule has 0 spiro atoms. The Morgan fingerprint density at radius 2 is 1.61 bits per heavy atom. The van der Waals surface area contributed by atoms with Gasteiger partial charge in [0, 0.05) is 19.5 Å². The molecule has 1 N–H and O–H groups in total. The van der Waals surface area contributed by atoms with Crippen molar-refractivity contribution in [2.24, 2.45) is 0 Å². The predicted molar refractivity (Wildman–Crippen MR) is 49.3 cm³/mol. The third-order valence-corrected chi connectivity index (χ3v) is 3.76. The van der Waals surface area contributed by atoms with Gasteiger partial charge in [-0.3, -0.25) is 0 Å². The average molecular weight is 299 g/mol. The molecular weight excluding hydrogens is 289 g/mol. The Kier molecular flexibility index (Phi) is 5.62. The lowest BCUT2D eigenvalue weighted by Crippen LogP contribution is -2.52. The van der Waals surface area contributed by atoms with Crippen LogP contribution in [0.15, 0.2) is 0 Å². The number of carbonyl (C=O) groups is 1. The van der Waals surface area contributed by atoms with Gasteiger partial charge in [-0.2, -0.15) is 26.3 Å². The minimum atomic E-state index is -6.28. The maximum absolute atomic E-state index is 12.8. The van der Waals surface area contributed by atoms with E-state index in [1.165, 1.54) is 0 Å². The second-order valence-corrected chi connectivity index (χ2v) is 5.08. The van der Waals surface area contributed by atoms with E-state index >= 15 is 0 Å². The number of aldehydes is 1. The van der Waals surface area contributed by atoms with Gasteiger partial charge in [0.25, 0.3) is 10.0 Å². The summed E-state index contributed by atoms with van der Waals surface area (Å²) in [5.41, 5.74) is 0. The number of halogens is 5. The largest absolute Gasteiger partial charge is 0.470 e. The van der Waals surface area contributed by atoms with Crippen molar-refractivity contribution < 1.29 is 40.3 Å².